The van der Waals surface area contributed by atoms with Crippen LogP contribution in [0.25, 0.3) is 0 Å². The first-order valence-electron chi connectivity index (χ1n) is 3.78. The van der Waals surface area contributed by atoms with Gasteiger partial charge in [-0.3, -0.25) is 9.59 Å². The van der Waals surface area contributed by atoms with Crippen molar-refractivity contribution in [3.05, 3.63) is 35.9 Å². The Hall–Kier alpha value is -0.0894. The second-order valence-electron chi connectivity index (χ2n) is 2.67. The maximum Gasteiger partial charge on any atom is 0.170 e. The van der Waals surface area contributed by atoms with Crippen molar-refractivity contribution >= 4 is 11.6 Å². The Bertz CT molecular complexity index is 293. The van der Waals surface area contributed by atoms with Gasteiger partial charge in [0.05, 0.1) is 6.42 Å². The molecule has 0 bridgehead atoms. The molecule has 2 nitrogen and oxygen atoms in total. The third-order valence-corrected chi connectivity index (χ3v) is 1.51. The summed E-state index contributed by atoms with van der Waals surface area (Å²) in [5, 5.41) is 0. The Morgan fingerprint density at radius 2 is 1.69 bits per heavy atom. The molecule has 0 radical (unpaired) electrons. The molecule has 0 unspecified atom stereocenters. The van der Waals surface area contributed by atoms with Crippen LogP contribution in [0, 0.1) is 40.8 Å². The summed E-state index contributed by atoms with van der Waals surface area (Å²) in [4.78, 5) is 21.8. The van der Waals surface area contributed by atoms with Crippen LogP contribution in [0.3, 0.4) is 0 Å². The van der Waals surface area contributed by atoms with E-state index in [4.69, 9.17) is 0 Å². The minimum absolute atomic E-state index is 0. The number of hydrogen-bond donors (Lipinski definition) is 0. The van der Waals surface area contributed by atoms with E-state index in [2.05, 4.69) is 0 Å². The third kappa shape index (κ3) is 4.62. The molecule has 1 rings (SSSR count). The molecular weight excluding hydrogens is 296 g/mol. The summed E-state index contributed by atoms with van der Waals surface area (Å²) in [5.41, 5.74) is 0.604. The minimum atomic E-state index is -0.108. The normalized spacial score (nSPS) is 8.69. The summed E-state index contributed by atoms with van der Waals surface area (Å²) in [6.45, 7) is 1.42. The van der Waals surface area contributed by atoms with Crippen molar-refractivity contribution in [3.8, 4) is 0 Å². The fourth-order valence-electron chi connectivity index (χ4n) is 0.952. The molecule has 0 fully saturated rings. The first kappa shape index (κ1) is 12.9. The number of hydrogen-bond acceptors (Lipinski definition) is 2. The Kier molecular flexibility index (Phi) is 6.33. The number of benzene rings is 1. The fourth-order valence-corrected chi connectivity index (χ4v) is 0.952. The molecule has 1 aromatic carbocycles. The van der Waals surface area contributed by atoms with Crippen molar-refractivity contribution < 1.29 is 50.4 Å². The number of rotatable bonds is 3. The molecule has 0 saturated heterocycles. The van der Waals surface area contributed by atoms with Crippen LogP contribution in [0.1, 0.15) is 23.7 Å². The van der Waals surface area contributed by atoms with Crippen LogP contribution >= 0.6 is 0 Å². The summed E-state index contributed by atoms with van der Waals surface area (Å²) in [6, 6.07) is 8.84. The van der Waals surface area contributed by atoms with Gasteiger partial charge in [0, 0.05) is 46.4 Å². The second-order valence-corrected chi connectivity index (χ2v) is 2.67. The van der Waals surface area contributed by atoms with E-state index in [1.165, 1.54) is 6.92 Å². The van der Waals surface area contributed by atoms with Gasteiger partial charge in [-0.05, 0) is 6.92 Å². The standard InChI is InChI=1S/C10H10O2.Nd/c1-8(11)7-10(12)9-5-3-2-4-6-9;/h2-6H,7H2,1H3;. The molecule has 0 aliphatic carbocycles. The van der Waals surface area contributed by atoms with Gasteiger partial charge in [-0.25, -0.2) is 0 Å². The number of Topliss-reactive ketones (excluding diaryl/α,β-unsaturated/α-hetero) is 2. The zero-order valence-corrected chi connectivity index (χ0v) is 10.6. The number of carbonyl (C=O) groups excluding carboxylic acids is 2. The summed E-state index contributed by atoms with van der Waals surface area (Å²) in [5.74, 6) is -0.202. The van der Waals surface area contributed by atoms with Gasteiger partial charge in [0.15, 0.2) is 5.78 Å². The van der Waals surface area contributed by atoms with E-state index in [9.17, 15) is 9.59 Å². The molecule has 0 aliphatic rings. The largest absolute Gasteiger partial charge is 0.300 e. The van der Waals surface area contributed by atoms with E-state index in [-0.39, 0.29) is 58.8 Å². The predicted molar refractivity (Wildman–Crippen MR) is 46.1 cm³/mol. The molecule has 1 aromatic rings. The molecule has 66 valence electrons. The molecule has 0 amide bonds. The Morgan fingerprint density at radius 1 is 1.15 bits per heavy atom. The van der Waals surface area contributed by atoms with Gasteiger partial charge in [0.2, 0.25) is 0 Å². The smallest absolute Gasteiger partial charge is 0.170 e. The first-order chi connectivity index (χ1) is 5.70. The number of carbonyl (C=O) groups is 2. The maximum absolute atomic E-state index is 11.2. The van der Waals surface area contributed by atoms with Crippen molar-refractivity contribution in [3.63, 3.8) is 0 Å². The summed E-state index contributed by atoms with van der Waals surface area (Å²) < 4.78 is 0. The Balaban J connectivity index is 0.00000144. The molecule has 13 heavy (non-hydrogen) atoms. The predicted octanol–water partition coefficient (Wildman–Crippen LogP) is 1.85. The molecule has 0 saturated carbocycles. The van der Waals surface area contributed by atoms with E-state index >= 15 is 0 Å². The van der Waals surface area contributed by atoms with Gasteiger partial charge >= 0.3 is 0 Å². The molecule has 0 heterocycles. The monoisotopic (exact) mass is 304 g/mol. The van der Waals surface area contributed by atoms with Crippen molar-refractivity contribution in [2.75, 3.05) is 0 Å². The van der Waals surface area contributed by atoms with E-state index in [0.717, 1.165) is 0 Å². The maximum atomic E-state index is 11.2. The van der Waals surface area contributed by atoms with E-state index in [1.54, 1.807) is 24.3 Å². The molecule has 0 aromatic heterocycles. The molecule has 0 N–H and O–H groups in total. The zero-order valence-electron chi connectivity index (χ0n) is 7.41. The molecular formula is C10H10NdO2. The van der Waals surface area contributed by atoms with Crippen molar-refractivity contribution in [2.45, 2.75) is 13.3 Å². The third-order valence-electron chi connectivity index (χ3n) is 1.51. The van der Waals surface area contributed by atoms with Gasteiger partial charge in [-0.1, -0.05) is 30.3 Å². The molecule has 3 heteroatoms. The SMILES string of the molecule is CC(=O)CC(=O)c1ccccc1.[Nd]. The van der Waals surface area contributed by atoms with Gasteiger partial charge in [0.25, 0.3) is 0 Å². The van der Waals surface area contributed by atoms with Crippen LogP contribution in [0.2, 0.25) is 0 Å². The number of ketones is 2. The van der Waals surface area contributed by atoms with Gasteiger partial charge < -0.3 is 0 Å². The van der Waals surface area contributed by atoms with Crippen LogP contribution in [0.15, 0.2) is 30.3 Å². The van der Waals surface area contributed by atoms with Gasteiger partial charge in [-0.2, -0.15) is 0 Å². The van der Waals surface area contributed by atoms with Crippen molar-refractivity contribution in [2.24, 2.45) is 0 Å². The van der Waals surface area contributed by atoms with E-state index in [1.807, 2.05) is 6.07 Å². The van der Waals surface area contributed by atoms with Crippen LogP contribution in [-0.4, -0.2) is 11.6 Å². The average molecular weight is 306 g/mol. The average Bonchev–Trinajstić information content (AvgIpc) is 2.05. The first-order valence-corrected chi connectivity index (χ1v) is 3.78. The Morgan fingerprint density at radius 3 is 2.15 bits per heavy atom. The van der Waals surface area contributed by atoms with Crippen molar-refractivity contribution in [1.29, 1.82) is 0 Å². The fraction of sp³-hybridized carbons (Fsp3) is 0.200. The second kappa shape index (κ2) is 6.38. The molecule has 0 spiro atoms. The van der Waals surface area contributed by atoms with Gasteiger partial charge in [-0.15, -0.1) is 0 Å². The van der Waals surface area contributed by atoms with Crippen LogP contribution in [-0.2, 0) is 4.79 Å². The van der Waals surface area contributed by atoms with Crippen LogP contribution < -0.4 is 0 Å². The minimum Gasteiger partial charge on any atom is -0.300 e. The topological polar surface area (TPSA) is 34.1 Å². The molecule has 0 atom stereocenters. The van der Waals surface area contributed by atoms with E-state index in [0.29, 0.717) is 5.56 Å². The summed E-state index contributed by atoms with van der Waals surface area (Å²) in [6.07, 6.45) is 0.00398. The van der Waals surface area contributed by atoms with E-state index < -0.39 is 0 Å². The molecule has 0 aliphatic heterocycles. The van der Waals surface area contributed by atoms with Crippen LogP contribution in [0.5, 0.6) is 0 Å². The zero-order chi connectivity index (χ0) is 8.97. The van der Waals surface area contributed by atoms with Gasteiger partial charge in [0.1, 0.15) is 5.78 Å². The van der Waals surface area contributed by atoms with Crippen LogP contribution in [0.4, 0.5) is 0 Å². The quantitative estimate of drug-likeness (QED) is 0.631. The Labute approximate surface area is 110 Å². The summed E-state index contributed by atoms with van der Waals surface area (Å²) in [7, 11) is 0. The van der Waals surface area contributed by atoms with Crippen molar-refractivity contribution in [1.82, 2.24) is 0 Å². The summed E-state index contributed by atoms with van der Waals surface area (Å²) >= 11 is 0.